The number of hydrogen-bond donors (Lipinski definition) is 1. The Balaban J connectivity index is 1.43. The molecule has 192 valence electrons. The van der Waals surface area contributed by atoms with Gasteiger partial charge in [-0.25, -0.2) is 4.98 Å². The number of benzene rings is 2. The van der Waals surface area contributed by atoms with Gasteiger partial charge in [0.2, 0.25) is 5.95 Å². The van der Waals surface area contributed by atoms with Crippen LogP contribution in [0.2, 0.25) is 0 Å². The van der Waals surface area contributed by atoms with Crippen molar-refractivity contribution in [2.75, 3.05) is 11.4 Å². The Bertz CT molecular complexity index is 1560. The lowest BCUT2D eigenvalue weighted by molar-refractivity contribution is 0.195. The minimum atomic E-state index is -0.156. The Labute approximate surface area is 218 Å². The van der Waals surface area contributed by atoms with Gasteiger partial charge in [-0.2, -0.15) is 0 Å². The quantitative estimate of drug-likeness (QED) is 0.387. The van der Waals surface area contributed by atoms with E-state index in [0.717, 1.165) is 47.6 Å². The van der Waals surface area contributed by atoms with Crippen LogP contribution in [0, 0.1) is 0 Å². The van der Waals surface area contributed by atoms with E-state index in [2.05, 4.69) is 92.7 Å². The molecule has 0 spiro atoms. The number of nitrogens with zero attached hydrogens (tertiary/aromatic N) is 4. The monoisotopic (exact) mass is 495 g/mol. The molecule has 6 heteroatoms. The summed E-state index contributed by atoms with van der Waals surface area (Å²) in [4.78, 5) is 26.5. The molecule has 0 unspecified atom stereocenters. The Kier molecular flexibility index (Phi) is 5.57. The average molecular weight is 496 g/mol. The van der Waals surface area contributed by atoms with Gasteiger partial charge in [0.15, 0.2) is 0 Å². The number of anilines is 1. The maximum Gasteiger partial charge on any atom is 0.255 e. The fourth-order valence-electron chi connectivity index (χ4n) is 6.54. The number of hydrogen-bond acceptors (Lipinski definition) is 4. The van der Waals surface area contributed by atoms with Crippen LogP contribution in [-0.4, -0.2) is 43.6 Å². The number of H-pyrrole nitrogens is 1. The zero-order chi connectivity index (χ0) is 26.1. The molecule has 2 aliphatic rings. The highest BCUT2D eigenvalue weighted by atomic mass is 16.1. The molecular weight excluding hydrogens is 458 g/mol. The summed E-state index contributed by atoms with van der Waals surface area (Å²) in [7, 11) is 0. The lowest BCUT2D eigenvalue weighted by atomic mass is 9.91. The second kappa shape index (κ2) is 8.59. The molecule has 2 aromatic carbocycles. The lowest BCUT2D eigenvalue weighted by Crippen LogP contribution is -2.45. The number of fused-ring (bicyclic) bond motifs is 3. The summed E-state index contributed by atoms with van der Waals surface area (Å²) >= 11 is 0. The molecule has 6 rings (SSSR count). The van der Waals surface area contributed by atoms with Gasteiger partial charge in [0.1, 0.15) is 0 Å². The molecule has 0 fully saturated rings. The predicted octanol–water partition coefficient (Wildman–Crippen LogP) is 5.83. The zero-order valence-corrected chi connectivity index (χ0v) is 22.8. The van der Waals surface area contributed by atoms with Gasteiger partial charge in [-0.15, -0.1) is 0 Å². The van der Waals surface area contributed by atoms with Gasteiger partial charge in [0.25, 0.3) is 5.56 Å². The molecule has 0 aliphatic carbocycles. The molecule has 0 amide bonds. The van der Waals surface area contributed by atoms with Crippen LogP contribution >= 0.6 is 0 Å². The number of rotatable bonds is 4. The second-order valence-corrected chi connectivity index (χ2v) is 11.7. The van der Waals surface area contributed by atoms with Crippen LogP contribution in [0.25, 0.3) is 33.3 Å². The Morgan fingerprint density at radius 1 is 1.08 bits per heavy atom. The van der Waals surface area contributed by atoms with E-state index in [1.165, 1.54) is 22.3 Å². The molecule has 1 N–H and O–H groups in total. The second-order valence-electron chi connectivity index (χ2n) is 11.7. The van der Waals surface area contributed by atoms with Gasteiger partial charge in [-0.1, -0.05) is 25.1 Å². The van der Waals surface area contributed by atoms with E-state index >= 15 is 0 Å². The number of nitrogens with one attached hydrogen (secondary N) is 1. The zero-order valence-electron chi connectivity index (χ0n) is 22.8. The molecule has 0 saturated carbocycles. The highest BCUT2D eigenvalue weighted by Crippen LogP contribution is 2.37. The highest BCUT2D eigenvalue weighted by Gasteiger charge is 2.39. The third kappa shape index (κ3) is 3.89. The summed E-state index contributed by atoms with van der Waals surface area (Å²) in [5.74, 6) is 0.761. The number of aromatic amines is 1. The minimum absolute atomic E-state index is 0.00567. The fourth-order valence-corrected chi connectivity index (χ4v) is 6.54. The normalized spacial score (nSPS) is 19.0. The molecular formula is C31H37N5O. The predicted molar refractivity (Wildman–Crippen MR) is 152 cm³/mol. The van der Waals surface area contributed by atoms with Crippen LogP contribution in [-0.2, 0) is 19.5 Å². The molecule has 4 aromatic rings. The average Bonchev–Trinajstić information content (AvgIpc) is 3.40. The first-order chi connectivity index (χ1) is 17.7. The third-order valence-corrected chi connectivity index (χ3v) is 8.33. The summed E-state index contributed by atoms with van der Waals surface area (Å²) in [5.41, 5.74) is 7.89. The van der Waals surface area contributed by atoms with Gasteiger partial charge in [-0.05, 0) is 88.0 Å². The van der Waals surface area contributed by atoms with Crippen molar-refractivity contribution in [3.8, 4) is 22.4 Å². The molecule has 2 aromatic heterocycles. The summed E-state index contributed by atoms with van der Waals surface area (Å²) < 4.78 is 1.82. The largest absolute Gasteiger partial charge is 0.360 e. The molecule has 2 aliphatic heterocycles. The molecule has 0 saturated heterocycles. The van der Waals surface area contributed by atoms with Crippen LogP contribution in [0.4, 0.5) is 5.95 Å². The van der Waals surface area contributed by atoms with Gasteiger partial charge < -0.3 is 9.88 Å². The summed E-state index contributed by atoms with van der Waals surface area (Å²) in [6.07, 6.45) is 3.09. The van der Waals surface area contributed by atoms with E-state index in [1.54, 1.807) is 6.07 Å². The van der Waals surface area contributed by atoms with Gasteiger partial charge in [-0.3, -0.25) is 14.3 Å². The summed E-state index contributed by atoms with van der Waals surface area (Å²) in [6, 6.07) is 16.0. The molecule has 0 radical (unpaired) electrons. The van der Waals surface area contributed by atoms with E-state index in [4.69, 9.17) is 4.98 Å². The molecule has 1 atom stereocenters. The SMILES string of the molecule is CCN1Cc2cc(-c3ccc4[nH]cc(-c5cc(=O)n6c(n5)N(C(C)C)C(C)(C)C6)c4c3)ccc2C[C@@H]1C. The Morgan fingerprint density at radius 2 is 1.84 bits per heavy atom. The minimum Gasteiger partial charge on any atom is -0.360 e. The number of likely N-dealkylation sites (N-methyl/N-ethyl adjacent to an activating group) is 1. The molecule has 4 heterocycles. The van der Waals surface area contributed by atoms with Crippen molar-refractivity contribution in [1.82, 2.24) is 19.4 Å². The van der Waals surface area contributed by atoms with E-state index < -0.39 is 0 Å². The van der Waals surface area contributed by atoms with Crippen molar-refractivity contribution in [3.05, 3.63) is 70.1 Å². The van der Waals surface area contributed by atoms with Crippen LogP contribution in [0.3, 0.4) is 0 Å². The summed E-state index contributed by atoms with van der Waals surface area (Å²) in [5, 5.41) is 1.09. The smallest absolute Gasteiger partial charge is 0.255 e. The first-order valence-corrected chi connectivity index (χ1v) is 13.5. The van der Waals surface area contributed by atoms with Crippen molar-refractivity contribution in [2.24, 2.45) is 0 Å². The van der Waals surface area contributed by atoms with Crippen molar-refractivity contribution in [1.29, 1.82) is 0 Å². The first kappa shape index (κ1) is 24.0. The van der Waals surface area contributed by atoms with Gasteiger partial charge in [0, 0.05) is 47.4 Å². The standard InChI is InChI=1S/C31H37N5O/c1-7-34-17-24-13-22(9-8-21(24)12-20(34)4)23-10-11-27-25(14-23)26(16-32-27)28-15-29(37)35-18-31(5,6)36(19(2)3)30(35)33-28/h8-11,13-16,19-20,32H,7,12,17-18H2,1-6H3/t20-/m0/s1. The number of aromatic nitrogens is 3. The molecule has 6 nitrogen and oxygen atoms in total. The topological polar surface area (TPSA) is 57.2 Å². The Hall–Kier alpha value is -3.38. The van der Waals surface area contributed by atoms with Crippen molar-refractivity contribution in [3.63, 3.8) is 0 Å². The van der Waals surface area contributed by atoms with Crippen molar-refractivity contribution >= 4 is 16.9 Å². The maximum absolute atomic E-state index is 13.2. The van der Waals surface area contributed by atoms with E-state index in [-0.39, 0.29) is 17.1 Å². The fraction of sp³-hybridized carbons (Fsp3) is 0.419. The van der Waals surface area contributed by atoms with Crippen molar-refractivity contribution in [2.45, 2.75) is 78.7 Å². The maximum atomic E-state index is 13.2. The summed E-state index contributed by atoms with van der Waals surface area (Å²) in [6.45, 7) is 16.0. The lowest BCUT2D eigenvalue weighted by Gasteiger charge is -2.35. The third-order valence-electron chi connectivity index (χ3n) is 8.33. The van der Waals surface area contributed by atoms with Crippen LogP contribution in [0.15, 0.2) is 53.5 Å². The van der Waals surface area contributed by atoms with Gasteiger partial charge >= 0.3 is 0 Å². The Morgan fingerprint density at radius 3 is 2.59 bits per heavy atom. The van der Waals surface area contributed by atoms with Crippen LogP contribution < -0.4 is 10.5 Å². The van der Waals surface area contributed by atoms with E-state index in [0.29, 0.717) is 12.6 Å². The molecule has 0 bridgehead atoms. The first-order valence-electron chi connectivity index (χ1n) is 13.5. The molecule has 37 heavy (non-hydrogen) atoms. The van der Waals surface area contributed by atoms with Crippen molar-refractivity contribution < 1.29 is 0 Å². The van der Waals surface area contributed by atoms with E-state index in [9.17, 15) is 4.79 Å². The van der Waals surface area contributed by atoms with Crippen LogP contribution in [0.1, 0.15) is 52.7 Å². The van der Waals surface area contributed by atoms with Gasteiger partial charge in [0.05, 0.1) is 17.8 Å². The van der Waals surface area contributed by atoms with Crippen LogP contribution in [0.5, 0.6) is 0 Å². The highest BCUT2D eigenvalue weighted by molar-refractivity contribution is 5.97. The van der Waals surface area contributed by atoms with E-state index in [1.807, 2.05) is 10.8 Å².